The molecule has 0 atom stereocenters. The maximum absolute atomic E-state index is 12.8. The Morgan fingerprint density at radius 3 is 2.50 bits per heavy atom. The van der Waals surface area contributed by atoms with E-state index in [-0.39, 0.29) is 27.9 Å². The fourth-order valence-corrected chi connectivity index (χ4v) is 3.66. The molecule has 0 aliphatic carbocycles. The van der Waals surface area contributed by atoms with Gasteiger partial charge >= 0.3 is 0 Å². The molecule has 0 amide bonds. The van der Waals surface area contributed by atoms with E-state index in [1.807, 2.05) is 37.4 Å². The zero-order valence-corrected chi connectivity index (χ0v) is 16.0. The van der Waals surface area contributed by atoms with Crippen LogP contribution in [0.25, 0.3) is 27.9 Å². The molecule has 0 fully saturated rings. The highest BCUT2D eigenvalue weighted by Crippen LogP contribution is 2.40. The van der Waals surface area contributed by atoms with Crippen LogP contribution in [0.4, 0.5) is 0 Å². The lowest BCUT2D eigenvalue weighted by Crippen LogP contribution is -2.23. The quantitative estimate of drug-likeness (QED) is 0.717. The molecule has 5 heteroatoms. The van der Waals surface area contributed by atoms with E-state index in [0.29, 0.717) is 11.3 Å². The third kappa shape index (κ3) is 3.18. The molecule has 0 spiro atoms. The van der Waals surface area contributed by atoms with E-state index >= 15 is 0 Å². The molecule has 5 nitrogen and oxygen atoms in total. The molecular weight excluding hydrogens is 354 g/mol. The van der Waals surface area contributed by atoms with Crippen molar-refractivity contribution >= 4 is 16.5 Å². The molecule has 0 unspecified atom stereocenters. The predicted molar refractivity (Wildman–Crippen MR) is 111 cm³/mol. The second kappa shape index (κ2) is 7.17. The lowest BCUT2D eigenvalue weighted by Gasteiger charge is -2.23. The fourth-order valence-electron chi connectivity index (χ4n) is 3.66. The largest absolute Gasteiger partial charge is 0.507 e. The van der Waals surface area contributed by atoms with Gasteiger partial charge in [0.15, 0.2) is 11.0 Å². The molecule has 1 aromatic heterocycles. The summed E-state index contributed by atoms with van der Waals surface area (Å²) in [7, 11) is 2.03. The number of aryl methyl sites for hydroxylation is 1. The second-order valence-electron chi connectivity index (χ2n) is 7.26. The molecule has 0 saturated heterocycles. The van der Waals surface area contributed by atoms with Crippen molar-refractivity contribution in [3.8, 4) is 22.8 Å². The number of hydrogen-bond donors (Lipinski definition) is 2. The molecular formula is C23H23NO4. The Hall–Kier alpha value is -3.05. The smallest absolute Gasteiger partial charge is 0.197 e. The van der Waals surface area contributed by atoms with E-state index in [4.69, 9.17) is 4.42 Å². The van der Waals surface area contributed by atoms with E-state index in [1.54, 1.807) is 0 Å². The Labute approximate surface area is 163 Å². The first kappa shape index (κ1) is 18.3. The van der Waals surface area contributed by atoms with Crippen molar-refractivity contribution in [2.24, 2.45) is 0 Å². The zero-order chi connectivity index (χ0) is 19.8. The molecule has 4 rings (SSSR count). The average Bonchev–Trinajstić information content (AvgIpc) is 2.68. The normalized spacial score (nSPS) is 15.0. The number of rotatable bonds is 3. The summed E-state index contributed by atoms with van der Waals surface area (Å²) in [5.41, 5.74) is 3.28. The summed E-state index contributed by atoms with van der Waals surface area (Å²) in [6, 6.07) is 10.5. The van der Waals surface area contributed by atoms with Crippen LogP contribution in [-0.4, -0.2) is 35.3 Å². The van der Waals surface area contributed by atoms with Crippen LogP contribution in [0.2, 0.25) is 0 Å². The molecule has 144 valence electrons. The molecule has 0 radical (unpaired) electrons. The Balaban J connectivity index is 1.96. The lowest BCUT2D eigenvalue weighted by atomic mass is 9.95. The molecule has 3 aromatic rings. The third-order valence-electron chi connectivity index (χ3n) is 5.34. The summed E-state index contributed by atoms with van der Waals surface area (Å²) in [5, 5.41) is 20.9. The summed E-state index contributed by atoms with van der Waals surface area (Å²) in [6.07, 6.45) is 3.68. The van der Waals surface area contributed by atoms with Crippen molar-refractivity contribution < 1.29 is 14.6 Å². The van der Waals surface area contributed by atoms with Gasteiger partial charge in [0.05, 0.1) is 5.56 Å². The van der Waals surface area contributed by atoms with Crippen LogP contribution in [0.15, 0.2) is 51.7 Å². The van der Waals surface area contributed by atoms with Crippen molar-refractivity contribution in [3.05, 3.63) is 63.8 Å². The van der Waals surface area contributed by atoms with Gasteiger partial charge in [-0.05, 0) is 31.0 Å². The van der Waals surface area contributed by atoms with Crippen LogP contribution in [0.3, 0.4) is 0 Å². The zero-order valence-electron chi connectivity index (χ0n) is 16.0. The molecule has 0 bridgehead atoms. The van der Waals surface area contributed by atoms with Crippen molar-refractivity contribution in [1.82, 2.24) is 4.90 Å². The first-order valence-corrected chi connectivity index (χ1v) is 9.48. The first-order chi connectivity index (χ1) is 13.5. The van der Waals surface area contributed by atoms with Gasteiger partial charge in [-0.15, -0.1) is 0 Å². The molecule has 2 N–H and O–H groups in total. The monoisotopic (exact) mass is 377 g/mol. The number of fused-ring (bicyclic) bond motifs is 1. The Bertz CT molecular complexity index is 1130. The highest BCUT2D eigenvalue weighted by molar-refractivity contribution is 5.96. The van der Waals surface area contributed by atoms with Crippen molar-refractivity contribution in [3.63, 3.8) is 0 Å². The van der Waals surface area contributed by atoms with E-state index in [1.165, 1.54) is 17.7 Å². The molecule has 2 aromatic carbocycles. The summed E-state index contributed by atoms with van der Waals surface area (Å²) in [5.74, 6) is 0.0637. The number of nitrogens with zero attached hydrogens (tertiary/aromatic N) is 1. The Kier molecular flexibility index (Phi) is 4.69. The molecule has 2 heterocycles. The van der Waals surface area contributed by atoms with Crippen LogP contribution in [-0.2, 0) is 6.42 Å². The van der Waals surface area contributed by atoms with Gasteiger partial charge in [-0.2, -0.15) is 0 Å². The minimum atomic E-state index is -0.330. The molecule has 1 aliphatic heterocycles. The topological polar surface area (TPSA) is 73.9 Å². The first-order valence-electron chi connectivity index (χ1n) is 9.48. The summed E-state index contributed by atoms with van der Waals surface area (Å²) in [6.45, 7) is 3.67. The van der Waals surface area contributed by atoms with Crippen LogP contribution in [0.1, 0.15) is 24.5 Å². The van der Waals surface area contributed by atoms with E-state index < -0.39 is 0 Å². The van der Waals surface area contributed by atoms with Gasteiger partial charge < -0.3 is 19.5 Å². The van der Waals surface area contributed by atoms with Crippen LogP contribution in [0.5, 0.6) is 11.5 Å². The number of aromatic hydroxyl groups is 2. The Morgan fingerprint density at radius 2 is 1.86 bits per heavy atom. The van der Waals surface area contributed by atoms with Gasteiger partial charge in [0.25, 0.3) is 0 Å². The standard InChI is InChI=1S/C23H23NO4/c1-3-14-4-6-15(7-5-14)20-13-19(27)22-18(26)12-17(25)21(23(22)28-20)16-8-10-24(2)11-9-16/h4-8,12-13,25-26H,3,9-11H2,1-2H3. The van der Waals surface area contributed by atoms with Gasteiger partial charge in [-0.1, -0.05) is 37.3 Å². The second-order valence-corrected chi connectivity index (χ2v) is 7.26. The maximum atomic E-state index is 12.8. The average molecular weight is 377 g/mol. The molecule has 1 aliphatic rings. The van der Waals surface area contributed by atoms with Crippen molar-refractivity contribution in [1.29, 1.82) is 0 Å². The minimum absolute atomic E-state index is 0.0811. The van der Waals surface area contributed by atoms with Crippen LogP contribution >= 0.6 is 0 Å². The van der Waals surface area contributed by atoms with Gasteiger partial charge in [-0.3, -0.25) is 4.79 Å². The summed E-state index contributed by atoms with van der Waals surface area (Å²) in [4.78, 5) is 15.0. The van der Waals surface area contributed by atoms with Crippen LogP contribution < -0.4 is 5.43 Å². The number of hydrogen-bond acceptors (Lipinski definition) is 5. The summed E-state index contributed by atoms with van der Waals surface area (Å²) >= 11 is 0. The van der Waals surface area contributed by atoms with Crippen molar-refractivity contribution in [2.45, 2.75) is 19.8 Å². The van der Waals surface area contributed by atoms with E-state index in [0.717, 1.165) is 37.1 Å². The third-order valence-corrected chi connectivity index (χ3v) is 5.34. The minimum Gasteiger partial charge on any atom is -0.507 e. The summed E-state index contributed by atoms with van der Waals surface area (Å²) < 4.78 is 6.10. The highest BCUT2D eigenvalue weighted by atomic mass is 16.3. The fraction of sp³-hybridized carbons (Fsp3) is 0.261. The van der Waals surface area contributed by atoms with Gasteiger partial charge in [0.1, 0.15) is 22.6 Å². The van der Waals surface area contributed by atoms with Gasteiger partial charge in [-0.25, -0.2) is 0 Å². The highest BCUT2D eigenvalue weighted by Gasteiger charge is 2.22. The van der Waals surface area contributed by atoms with E-state index in [9.17, 15) is 15.0 Å². The van der Waals surface area contributed by atoms with Gasteiger partial charge in [0.2, 0.25) is 0 Å². The number of likely N-dealkylation sites (N-methyl/N-ethyl adjacent to an activating group) is 1. The SMILES string of the molecule is CCc1ccc(-c2cc(=O)c3c(O)cc(O)c(C4=CCN(C)CC4)c3o2)cc1. The van der Waals surface area contributed by atoms with Gasteiger partial charge in [0, 0.05) is 30.8 Å². The predicted octanol–water partition coefficient (Wildman–Crippen LogP) is 4.15. The van der Waals surface area contributed by atoms with Crippen molar-refractivity contribution in [2.75, 3.05) is 20.1 Å². The number of phenolic OH excluding ortho intramolecular Hbond substituents is 2. The molecule has 28 heavy (non-hydrogen) atoms. The molecule has 0 saturated carbocycles. The lowest BCUT2D eigenvalue weighted by molar-refractivity contribution is 0.369. The van der Waals surface area contributed by atoms with E-state index in [2.05, 4.69) is 11.8 Å². The Morgan fingerprint density at radius 1 is 1.11 bits per heavy atom. The maximum Gasteiger partial charge on any atom is 0.197 e. The number of phenols is 2. The van der Waals surface area contributed by atoms with Crippen LogP contribution in [0, 0.1) is 0 Å². The number of benzene rings is 2.